The third-order valence-electron chi connectivity index (χ3n) is 2.50. The lowest BCUT2D eigenvalue weighted by molar-refractivity contribution is -0.140. The van der Waals surface area contributed by atoms with Gasteiger partial charge in [-0.15, -0.1) is 0 Å². The Labute approximate surface area is 113 Å². The van der Waals surface area contributed by atoms with Gasteiger partial charge in [0.05, 0.1) is 0 Å². The van der Waals surface area contributed by atoms with E-state index in [0.29, 0.717) is 0 Å². The maximum Gasteiger partial charge on any atom is 0.326 e. The van der Waals surface area contributed by atoms with E-state index < -0.39 is 47.4 Å². The molecule has 8 heteroatoms. The topological polar surface area (TPSA) is 144 Å². The van der Waals surface area contributed by atoms with E-state index in [1.54, 1.807) is 0 Å². The minimum absolute atomic E-state index is 0.315. The number of aromatic hydroxyl groups is 2. The normalized spacial score (nSPS) is 11.6. The van der Waals surface area contributed by atoms with Crippen molar-refractivity contribution in [2.45, 2.75) is 18.9 Å². The molecular weight excluding hydrogens is 270 g/mol. The molecule has 0 saturated heterocycles. The quantitative estimate of drug-likeness (QED) is 0.499. The van der Waals surface area contributed by atoms with Crippen molar-refractivity contribution < 1.29 is 34.8 Å². The maximum atomic E-state index is 11.8. The zero-order chi connectivity index (χ0) is 15.3. The number of carboxylic acids is 2. The summed E-state index contributed by atoms with van der Waals surface area (Å²) in [7, 11) is 0. The van der Waals surface area contributed by atoms with Crippen LogP contribution in [0.1, 0.15) is 23.2 Å². The van der Waals surface area contributed by atoms with Crippen molar-refractivity contribution in [2.75, 3.05) is 0 Å². The number of hydrogen-bond acceptors (Lipinski definition) is 5. The van der Waals surface area contributed by atoms with Crippen molar-refractivity contribution in [1.29, 1.82) is 0 Å². The molecule has 0 spiro atoms. The zero-order valence-corrected chi connectivity index (χ0v) is 10.2. The number of hydrogen-bond donors (Lipinski definition) is 5. The molecule has 0 aliphatic rings. The second-order valence-electron chi connectivity index (χ2n) is 3.97. The SMILES string of the molecule is O=C(O)CC[C@H](NC(=O)c1c(O)cccc1O)C(=O)O. The smallest absolute Gasteiger partial charge is 0.326 e. The van der Waals surface area contributed by atoms with Crippen LogP contribution in [-0.2, 0) is 9.59 Å². The molecule has 0 saturated carbocycles. The van der Waals surface area contributed by atoms with Gasteiger partial charge in [0.1, 0.15) is 23.1 Å². The van der Waals surface area contributed by atoms with E-state index in [4.69, 9.17) is 10.2 Å². The van der Waals surface area contributed by atoms with Gasteiger partial charge in [0.2, 0.25) is 0 Å². The van der Waals surface area contributed by atoms with Crippen molar-refractivity contribution in [3.63, 3.8) is 0 Å². The van der Waals surface area contributed by atoms with Crippen LogP contribution in [0.2, 0.25) is 0 Å². The van der Waals surface area contributed by atoms with Crippen molar-refractivity contribution >= 4 is 17.8 Å². The molecule has 0 aliphatic heterocycles. The molecule has 1 atom stereocenters. The summed E-state index contributed by atoms with van der Waals surface area (Å²) in [5.41, 5.74) is -0.464. The molecule has 5 N–H and O–H groups in total. The number of nitrogens with one attached hydrogen (secondary N) is 1. The average molecular weight is 283 g/mol. The number of phenolic OH excluding ortho intramolecular Hbond substituents is 2. The summed E-state index contributed by atoms with van der Waals surface area (Å²) in [4.78, 5) is 33.1. The third-order valence-corrected chi connectivity index (χ3v) is 2.50. The lowest BCUT2D eigenvalue weighted by Gasteiger charge is -2.14. The predicted octanol–water partition coefficient (Wildman–Crippen LogP) is 0.146. The van der Waals surface area contributed by atoms with Crippen molar-refractivity contribution in [1.82, 2.24) is 5.32 Å². The monoisotopic (exact) mass is 283 g/mol. The summed E-state index contributed by atoms with van der Waals surface area (Å²) < 4.78 is 0. The molecule has 1 amide bonds. The summed E-state index contributed by atoms with van der Waals surface area (Å²) in [5.74, 6) is -4.63. The van der Waals surface area contributed by atoms with Gasteiger partial charge in [0, 0.05) is 6.42 Å². The van der Waals surface area contributed by atoms with E-state index in [1.807, 2.05) is 5.32 Å². The Morgan fingerprint density at radius 1 is 1.10 bits per heavy atom. The first-order chi connectivity index (χ1) is 9.32. The molecule has 0 fully saturated rings. The van der Waals surface area contributed by atoms with Gasteiger partial charge in [0.25, 0.3) is 5.91 Å². The fourth-order valence-electron chi connectivity index (χ4n) is 1.52. The van der Waals surface area contributed by atoms with Crippen LogP contribution in [0.3, 0.4) is 0 Å². The maximum absolute atomic E-state index is 11.8. The van der Waals surface area contributed by atoms with Crippen molar-refractivity contribution in [2.24, 2.45) is 0 Å². The molecule has 0 aromatic heterocycles. The van der Waals surface area contributed by atoms with E-state index in [0.717, 1.165) is 12.1 Å². The van der Waals surface area contributed by atoms with Gasteiger partial charge in [-0.1, -0.05) is 6.07 Å². The molecule has 1 rings (SSSR count). The largest absolute Gasteiger partial charge is 0.507 e. The first kappa shape index (κ1) is 15.3. The van der Waals surface area contributed by atoms with Crippen LogP contribution < -0.4 is 5.32 Å². The number of carbonyl (C=O) groups excluding carboxylic acids is 1. The molecule has 0 aliphatic carbocycles. The van der Waals surface area contributed by atoms with E-state index in [9.17, 15) is 24.6 Å². The minimum atomic E-state index is -1.43. The van der Waals surface area contributed by atoms with Gasteiger partial charge < -0.3 is 25.7 Å². The van der Waals surface area contributed by atoms with Crippen molar-refractivity contribution in [3.8, 4) is 11.5 Å². The fraction of sp³-hybridized carbons (Fsp3) is 0.250. The lowest BCUT2D eigenvalue weighted by Crippen LogP contribution is -2.41. The number of aliphatic carboxylic acids is 2. The number of carbonyl (C=O) groups is 3. The van der Waals surface area contributed by atoms with Gasteiger partial charge in [-0.05, 0) is 18.6 Å². The highest BCUT2D eigenvalue weighted by Crippen LogP contribution is 2.26. The van der Waals surface area contributed by atoms with E-state index in [-0.39, 0.29) is 6.42 Å². The molecule has 8 nitrogen and oxygen atoms in total. The Balaban J connectivity index is 2.86. The lowest BCUT2D eigenvalue weighted by atomic mass is 10.1. The summed E-state index contributed by atoms with van der Waals surface area (Å²) in [6.45, 7) is 0. The number of amides is 1. The number of benzene rings is 1. The summed E-state index contributed by atoms with van der Waals surface area (Å²) in [6.07, 6.45) is -0.755. The first-order valence-electron chi connectivity index (χ1n) is 5.59. The molecule has 108 valence electrons. The summed E-state index contributed by atoms with van der Waals surface area (Å²) in [6, 6.07) is 2.18. The van der Waals surface area contributed by atoms with Crippen LogP contribution in [0, 0.1) is 0 Å². The minimum Gasteiger partial charge on any atom is -0.507 e. The second kappa shape index (κ2) is 6.41. The predicted molar refractivity (Wildman–Crippen MR) is 65.5 cm³/mol. The Bertz CT molecular complexity index is 520. The Hall–Kier alpha value is -2.77. The molecule has 0 bridgehead atoms. The van der Waals surface area contributed by atoms with Gasteiger partial charge in [0.15, 0.2) is 0 Å². The van der Waals surface area contributed by atoms with E-state index >= 15 is 0 Å². The average Bonchev–Trinajstić information content (AvgIpc) is 2.33. The Morgan fingerprint density at radius 3 is 2.10 bits per heavy atom. The van der Waals surface area contributed by atoms with E-state index in [2.05, 4.69) is 0 Å². The highest BCUT2D eigenvalue weighted by molar-refractivity contribution is 6.01. The molecule has 1 aromatic carbocycles. The number of carboxylic acid groups (broad SMARTS) is 2. The molecule has 0 unspecified atom stereocenters. The highest BCUT2D eigenvalue weighted by atomic mass is 16.4. The number of rotatable bonds is 6. The van der Waals surface area contributed by atoms with Crippen LogP contribution >= 0.6 is 0 Å². The van der Waals surface area contributed by atoms with Crippen LogP contribution in [0.4, 0.5) is 0 Å². The third kappa shape index (κ3) is 3.87. The van der Waals surface area contributed by atoms with Gasteiger partial charge >= 0.3 is 11.9 Å². The number of phenols is 2. The van der Waals surface area contributed by atoms with Crippen molar-refractivity contribution in [3.05, 3.63) is 23.8 Å². The van der Waals surface area contributed by atoms with Crippen LogP contribution in [-0.4, -0.2) is 44.3 Å². The standard InChI is InChI=1S/C12H13NO7/c14-7-2-1-3-8(15)10(7)11(18)13-6(12(19)20)4-5-9(16)17/h1-3,6,14-15H,4-5H2,(H,13,18)(H,16,17)(H,19,20)/t6-/m0/s1. The van der Waals surface area contributed by atoms with Crippen LogP contribution in [0.5, 0.6) is 11.5 Å². The highest BCUT2D eigenvalue weighted by Gasteiger charge is 2.24. The summed E-state index contributed by atoms with van der Waals surface area (Å²) >= 11 is 0. The van der Waals surface area contributed by atoms with Gasteiger partial charge in [-0.3, -0.25) is 9.59 Å². The molecule has 20 heavy (non-hydrogen) atoms. The second-order valence-corrected chi connectivity index (χ2v) is 3.97. The molecule has 1 aromatic rings. The molecule has 0 radical (unpaired) electrons. The summed E-state index contributed by atoms with van der Waals surface area (Å²) in [5, 5.41) is 38.4. The molecule has 0 heterocycles. The zero-order valence-electron chi connectivity index (χ0n) is 10.2. The van der Waals surface area contributed by atoms with Crippen LogP contribution in [0.25, 0.3) is 0 Å². The van der Waals surface area contributed by atoms with Crippen LogP contribution in [0.15, 0.2) is 18.2 Å². The Kier molecular flexibility index (Phi) is 4.90. The first-order valence-corrected chi connectivity index (χ1v) is 5.59. The van der Waals surface area contributed by atoms with Gasteiger partial charge in [-0.2, -0.15) is 0 Å². The molecular formula is C12H13NO7. The Morgan fingerprint density at radius 2 is 1.65 bits per heavy atom. The van der Waals surface area contributed by atoms with E-state index in [1.165, 1.54) is 6.07 Å². The fourth-order valence-corrected chi connectivity index (χ4v) is 1.52. The van der Waals surface area contributed by atoms with Gasteiger partial charge in [-0.25, -0.2) is 4.79 Å².